The summed E-state index contributed by atoms with van der Waals surface area (Å²) in [4.78, 5) is 32.8. The summed E-state index contributed by atoms with van der Waals surface area (Å²) >= 11 is 0. The van der Waals surface area contributed by atoms with Gasteiger partial charge in [0, 0.05) is 34.2 Å². The number of aryl methyl sites for hydroxylation is 1. The van der Waals surface area contributed by atoms with Gasteiger partial charge in [-0.15, -0.1) is 0 Å². The fourth-order valence-corrected chi connectivity index (χ4v) is 5.05. The number of rotatable bonds is 7. The van der Waals surface area contributed by atoms with E-state index in [4.69, 9.17) is 9.72 Å². The first-order valence-corrected chi connectivity index (χ1v) is 12.8. The van der Waals surface area contributed by atoms with Crippen LogP contribution < -0.4 is 10.2 Å². The van der Waals surface area contributed by atoms with E-state index in [1.807, 2.05) is 66.7 Å². The Balaban J connectivity index is 1.26. The van der Waals surface area contributed by atoms with E-state index in [0.29, 0.717) is 11.3 Å². The molecule has 4 aromatic rings. The molecule has 188 valence electrons. The van der Waals surface area contributed by atoms with Crippen molar-refractivity contribution in [3.63, 3.8) is 0 Å². The van der Waals surface area contributed by atoms with Crippen LogP contribution in [0.4, 0.5) is 17.1 Å². The van der Waals surface area contributed by atoms with E-state index >= 15 is 0 Å². The number of nitrogens with zero attached hydrogens (tertiary/aromatic N) is 2. The van der Waals surface area contributed by atoms with Crippen molar-refractivity contribution in [2.24, 2.45) is 0 Å². The molecule has 6 heteroatoms. The van der Waals surface area contributed by atoms with Crippen molar-refractivity contribution in [1.82, 2.24) is 4.98 Å². The average Bonchev–Trinajstić information content (AvgIpc) is 2.92. The summed E-state index contributed by atoms with van der Waals surface area (Å²) in [6, 6.07) is 25.7. The van der Waals surface area contributed by atoms with Gasteiger partial charge in [-0.25, -0.2) is 4.79 Å². The quantitative estimate of drug-likeness (QED) is 0.299. The Bertz CT molecular complexity index is 1420. The van der Waals surface area contributed by atoms with Gasteiger partial charge in [0.05, 0.1) is 11.1 Å². The Morgan fingerprint density at radius 1 is 0.892 bits per heavy atom. The number of esters is 1. The summed E-state index contributed by atoms with van der Waals surface area (Å²) in [6.45, 7) is 3.93. The lowest BCUT2D eigenvalue weighted by Gasteiger charge is -2.29. The van der Waals surface area contributed by atoms with E-state index in [2.05, 4.69) is 36.2 Å². The number of aromatic nitrogens is 1. The number of amides is 1. The van der Waals surface area contributed by atoms with Crippen LogP contribution in [0.25, 0.3) is 10.9 Å². The van der Waals surface area contributed by atoms with Gasteiger partial charge in [0.25, 0.3) is 5.91 Å². The average molecular weight is 494 g/mol. The molecule has 1 N–H and O–H groups in total. The van der Waals surface area contributed by atoms with E-state index in [-0.39, 0.29) is 18.6 Å². The molecule has 1 heterocycles. The molecule has 1 aromatic heterocycles. The third kappa shape index (κ3) is 5.33. The Morgan fingerprint density at radius 2 is 1.57 bits per heavy atom. The molecule has 5 rings (SSSR count). The lowest BCUT2D eigenvalue weighted by Crippen LogP contribution is -2.25. The number of nitrogens with one attached hydrogen (secondary N) is 1. The van der Waals surface area contributed by atoms with Crippen LogP contribution in [0.1, 0.15) is 48.3 Å². The number of anilines is 3. The highest BCUT2D eigenvalue weighted by Gasteiger charge is 2.24. The van der Waals surface area contributed by atoms with Crippen LogP contribution in [0, 0.1) is 0 Å². The first kappa shape index (κ1) is 24.5. The van der Waals surface area contributed by atoms with Crippen molar-refractivity contribution in [3.05, 3.63) is 95.7 Å². The van der Waals surface area contributed by atoms with Crippen molar-refractivity contribution < 1.29 is 14.3 Å². The monoisotopic (exact) mass is 493 g/mol. The van der Waals surface area contributed by atoms with Gasteiger partial charge in [-0.3, -0.25) is 9.78 Å². The van der Waals surface area contributed by atoms with Gasteiger partial charge in [0.2, 0.25) is 0 Å². The van der Waals surface area contributed by atoms with Crippen molar-refractivity contribution in [2.45, 2.75) is 45.6 Å². The number of carbonyl (C=O) groups is 2. The number of benzene rings is 3. The smallest absolute Gasteiger partial charge is 0.339 e. The molecule has 1 aliphatic carbocycles. The maximum atomic E-state index is 13.2. The molecule has 6 nitrogen and oxygen atoms in total. The maximum Gasteiger partial charge on any atom is 0.339 e. The molecule has 1 aliphatic rings. The molecule has 0 fully saturated rings. The number of pyridine rings is 1. The SMILES string of the molecule is CC(C)N(c1ccccc1)c1ccc(NC(=O)COC(=O)c2c3c(nc4ccccc24)CCCC3)cc1. The van der Waals surface area contributed by atoms with Gasteiger partial charge in [-0.2, -0.15) is 0 Å². The second kappa shape index (κ2) is 10.8. The van der Waals surface area contributed by atoms with Gasteiger partial charge in [-0.1, -0.05) is 36.4 Å². The minimum Gasteiger partial charge on any atom is -0.452 e. The van der Waals surface area contributed by atoms with Crippen molar-refractivity contribution in [2.75, 3.05) is 16.8 Å². The zero-order chi connectivity index (χ0) is 25.8. The predicted octanol–water partition coefficient (Wildman–Crippen LogP) is 6.46. The standard InChI is InChI=1S/C31H31N3O3/c1-21(2)34(23-10-4-3-5-11-23)24-18-16-22(17-19-24)32-29(35)20-37-31(36)30-25-12-6-8-14-27(25)33-28-15-9-7-13-26(28)30/h3-6,8,10-12,14,16-19,21H,7,9,13,15,20H2,1-2H3,(H,32,35). The molecule has 37 heavy (non-hydrogen) atoms. The first-order chi connectivity index (χ1) is 18.0. The van der Waals surface area contributed by atoms with Gasteiger partial charge in [-0.05, 0) is 87.6 Å². The van der Waals surface area contributed by atoms with Crippen LogP contribution in [0.5, 0.6) is 0 Å². The van der Waals surface area contributed by atoms with E-state index in [9.17, 15) is 9.59 Å². The Kier molecular flexibility index (Phi) is 7.17. The summed E-state index contributed by atoms with van der Waals surface area (Å²) in [5.74, 6) is -0.852. The molecule has 0 saturated heterocycles. The van der Waals surface area contributed by atoms with Gasteiger partial charge in [0.15, 0.2) is 6.61 Å². The van der Waals surface area contributed by atoms with Crippen molar-refractivity contribution >= 4 is 39.8 Å². The Morgan fingerprint density at radius 3 is 2.32 bits per heavy atom. The van der Waals surface area contributed by atoms with E-state index < -0.39 is 5.97 Å². The molecular formula is C31H31N3O3. The molecule has 3 aromatic carbocycles. The number of fused-ring (bicyclic) bond motifs is 2. The molecule has 0 saturated carbocycles. The van der Waals surface area contributed by atoms with Crippen LogP contribution in [-0.2, 0) is 22.4 Å². The number of ether oxygens (including phenoxy) is 1. The van der Waals surface area contributed by atoms with Crippen LogP contribution in [0.15, 0.2) is 78.9 Å². The topological polar surface area (TPSA) is 71.5 Å². The molecule has 0 atom stereocenters. The van der Waals surface area contributed by atoms with Crippen LogP contribution in [0.3, 0.4) is 0 Å². The van der Waals surface area contributed by atoms with Crippen molar-refractivity contribution in [1.29, 1.82) is 0 Å². The van der Waals surface area contributed by atoms with Crippen molar-refractivity contribution in [3.8, 4) is 0 Å². The fraction of sp³-hybridized carbons (Fsp3) is 0.258. The summed E-state index contributed by atoms with van der Waals surface area (Å²) in [7, 11) is 0. The minimum absolute atomic E-state index is 0.261. The molecule has 0 unspecified atom stereocenters. The first-order valence-electron chi connectivity index (χ1n) is 12.8. The van der Waals surface area contributed by atoms with E-state index in [1.54, 1.807) is 0 Å². The van der Waals surface area contributed by atoms with Gasteiger partial charge < -0.3 is 15.0 Å². The van der Waals surface area contributed by atoms with E-state index in [1.165, 1.54) is 0 Å². The zero-order valence-electron chi connectivity index (χ0n) is 21.2. The highest BCUT2D eigenvalue weighted by Crippen LogP contribution is 2.30. The summed E-state index contributed by atoms with van der Waals surface area (Å²) in [5, 5.41) is 3.61. The van der Waals surface area contributed by atoms with Crippen LogP contribution in [-0.4, -0.2) is 29.5 Å². The number of para-hydroxylation sites is 2. The third-order valence-corrected chi connectivity index (χ3v) is 6.69. The largest absolute Gasteiger partial charge is 0.452 e. The molecule has 0 spiro atoms. The lowest BCUT2D eigenvalue weighted by molar-refractivity contribution is -0.119. The summed E-state index contributed by atoms with van der Waals surface area (Å²) in [5.41, 5.74) is 6.03. The van der Waals surface area contributed by atoms with E-state index in [0.717, 1.165) is 59.2 Å². The zero-order valence-corrected chi connectivity index (χ0v) is 21.2. The summed E-state index contributed by atoms with van der Waals surface area (Å²) in [6.07, 6.45) is 3.73. The normalized spacial score (nSPS) is 12.7. The molecule has 0 aliphatic heterocycles. The second-order valence-electron chi connectivity index (χ2n) is 9.61. The van der Waals surface area contributed by atoms with Crippen LogP contribution >= 0.6 is 0 Å². The lowest BCUT2D eigenvalue weighted by atomic mass is 9.90. The van der Waals surface area contributed by atoms with Crippen LogP contribution in [0.2, 0.25) is 0 Å². The maximum absolute atomic E-state index is 13.2. The molecule has 0 bridgehead atoms. The predicted molar refractivity (Wildman–Crippen MR) is 147 cm³/mol. The fourth-order valence-electron chi connectivity index (χ4n) is 5.05. The Labute approximate surface area is 217 Å². The third-order valence-electron chi connectivity index (χ3n) is 6.69. The number of carbonyl (C=O) groups excluding carboxylic acids is 2. The minimum atomic E-state index is -0.474. The van der Waals surface area contributed by atoms with Gasteiger partial charge in [0.1, 0.15) is 0 Å². The number of hydrogen-bond acceptors (Lipinski definition) is 5. The second-order valence-corrected chi connectivity index (χ2v) is 9.61. The molecule has 0 radical (unpaired) electrons. The summed E-state index contributed by atoms with van der Waals surface area (Å²) < 4.78 is 5.50. The van der Waals surface area contributed by atoms with Gasteiger partial charge >= 0.3 is 5.97 Å². The number of hydrogen-bond donors (Lipinski definition) is 1. The molecule has 1 amide bonds. The highest BCUT2D eigenvalue weighted by molar-refractivity contribution is 6.06. The highest BCUT2D eigenvalue weighted by atomic mass is 16.5. The Hall–Kier alpha value is -4.19. The molecular weight excluding hydrogens is 462 g/mol.